The Kier molecular flexibility index (Phi) is 3.52. The van der Waals surface area contributed by atoms with Gasteiger partial charge < -0.3 is 10.5 Å². The highest BCUT2D eigenvalue weighted by atomic mass is 35.5. The molecular weight excluding hydrogens is 222 g/mol. The summed E-state index contributed by atoms with van der Waals surface area (Å²) in [6.07, 6.45) is 2.09. The molecule has 1 unspecified atom stereocenters. The third kappa shape index (κ3) is 2.39. The van der Waals surface area contributed by atoms with Crippen LogP contribution >= 0.6 is 11.6 Å². The van der Waals surface area contributed by atoms with Crippen molar-refractivity contribution >= 4 is 11.6 Å². The van der Waals surface area contributed by atoms with Gasteiger partial charge in [0, 0.05) is 11.6 Å². The first-order chi connectivity index (χ1) is 7.70. The summed E-state index contributed by atoms with van der Waals surface area (Å²) < 4.78 is 5.63. The van der Waals surface area contributed by atoms with E-state index in [4.69, 9.17) is 22.1 Å². The lowest BCUT2D eigenvalue weighted by Gasteiger charge is -2.09. The van der Waals surface area contributed by atoms with Gasteiger partial charge in [0.15, 0.2) is 0 Å². The van der Waals surface area contributed by atoms with E-state index >= 15 is 0 Å². The largest absolute Gasteiger partial charge is 0.489 e. The summed E-state index contributed by atoms with van der Waals surface area (Å²) in [5.74, 6) is 0.894. The summed E-state index contributed by atoms with van der Waals surface area (Å²) in [7, 11) is 0. The highest BCUT2D eigenvalue weighted by molar-refractivity contribution is 6.25. The number of benzene rings is 1. The van der Waals surface area contributed by atoms with Gasteiger partial charge in [-0.25, -0.2) is 0 Å². The number of aryl methyl sites for hydroxylation is 1. The smallest absolute Gasteiger partial charge is 0.120 e. The van der Waals surface area contributed by atoms with Crippen LogP contribution in [0.4, 0.5) is 0 Å². The van der Waals surface area contributed by atoms with Crippen molar-refractivity contribution in [1.82, 2.24) is 0 Å². The number of ether oxygens (including phenoxy) is 1. The molecule has 1 aromatic rings. The maximum absolute atomic E-state index is 5.97. The van der Waals surface area contributed by atoms with Crippen LogP contribution in [0.25, 0.3) is 0 Å². The van der Waals surface area contributed by atoms with Crippen LogP contribution in [0.1, 0.15) is 30.5 Å². The predicted molar refractivity (Wildman–Crippen MR) is 66.8 cm³/mol. The van der Waals surface area contributed by atoms with Gasteiger partial charge >= 0.3 is 0 Å². The highest BCUT2D eigenvalue weighted by Gasteiger charge is 2.18. The lowest BCUT2D eigenvalue weighted by atomic mass is 10.1. The highest BCUT2D eigenvalue weighted by Crippen LogP contribution is 2.31. The van der Waals surface area contributed by atoms with E-state index < -0.39 is 0 Å². The van der Waals surface area contributed by atoms with E-state index in [1.807, 2.05) is 13.0 Å². The molecule has 1 atom stereocenters. The molecule has 1 aliphatic carbocycles. The fourth-order valence-corrected chi connectivity index (χ4v) is 2.01. The van der Waals surface area contributed by atoms with Gasteiger partial charge in [0.2, 0.25) is 0 Å². The second kappa shape index (κ2) is 4.89. The molecule has 0 aromatic heterocycles. The number of hydrogen-bond acceptors (Lipinski definition) is 2. The Hall–Kier alpha value is -0.990. The van der Waals surface area contributed by atoms with Gasteiger partial charge in [-0.15, -0.1) is 0 Å². The molecule has 0 saturated heterocycles. The van der Waals surface area contributed by atoms with Crippen molar-refractivity contribution in [3.05, 3.63) is 40.4 Å². The van der Waals surface area contributed by atoms with E-state index in [2.05, 4.69) is 12.1 Å². The van der Waals surface area contributed by atoms with Crippen LogP contribution in [0.3, 0.4) is 0 Å². The summed E-state index contributed by atoms with van der Waals surface area (Å²) in [5.41, 5.74) is 11.1. The molecule has 86 valence electrons. The minimum absolute atomic E-state index is 0.202. The molecule has 2 N–H and O–H groups in total. The molecule has 0 amide bonds. The average molecular weight is 238 g/mol. The first-order valence-electron chi connectivity index (χ1n) is 5.48. The molecule has 2 nitrogen and oxygen atoms in total. The first kappa shape index (κ1) is 11.5. The standard InChI is InChI=1S/C13H16ClNO/c1-9(7-14)8-16-11-3-4-12-10(6-11)2-5-13(12)15/h3-4,6-7,13H,2,5,8,15H2,1H3/b9-7-. The quantitative estimate of drug-likeness (QED) is 0.877. The normalized spacial score (nSPS) is 19.7. The van der Waals surface area contributed by atoms with Crippen LogP contribution in [-0.4, -0.2) is 6.61 Å². The van der Waals surface area contributed by atoms with Gasteiger partial charge in [-0.1, -0.05) is 17.7 Å². The zero-order valence-corrected chi connectivity index (χ0v) is 10.1. The van der Waals surface area contributed by atoms with E-state index in [1.165, 1.54) is 11.1 Å². The van der Waals surface area contributed by atoms with E-state index in [9.17, 15) is 0 Å². The maximum atomic E-state index is 5.97. The SMILES string of the molecule is C/C(=C/Cl)COc1ccc2c(c1)CCC2N. The lowest BCUT2D eigenvalue weighted by molar-refractivity contribution is 0.352. The summed E-state index contributed by atoms with van der Waals surface area (Å²) in [5, 5.41) is 0. The fourth-order valence-electron chi connectivity index (χ4n) is 1.95. The minimum atomic E-state index is 0.202. The number of hydrogen-bond donors (Lipinski definition) is 1. The van der Waals surface area contributed by atoms with Crippen molar-refractivity contribution in [2.45, 2.75) is 25.8 Å². The molecule has 0 radical (unpaired) electrons. The van der Waals surface area contributed by atoms with Crippen LogP contribution < -0.4 is 10.5 Å². The Balaban J connectivity index is 2.08. The molecule has 0 spiro atoms. The zero-order valence-electron chi connectivity index (χ0n) is 9.37. The molecule has 2 rings (SSSR count). The van der Waals surface area contributed by atoms with Crippen molar-refractivity contribution in [2.75, 3.05) is 6.61 Å². The molecule has 0 saturated carbocycles. The van der Waals surface area contributed by atoms with Gasteiger partial charge in [0.1, 0.15) is 12.4 Å². The Morgan fingerprint density at radius 3 is 3.19 bits per heavy atom. The Morgan fingerprint density at radius 2 is 2.44 bits per heavy atom. The van der Waals surface area contributed by atoms with E-state index in [1.54, 1.807) is 5.54 Å². The van der Waals surface area contributed by atoms with Gasteiger partial charge in [0.05, 0.1) is 0 Å². The molecule has 3 heteroatoms. The molecule has 1 aliphatic rings. The van der Waals surface area contributed by atoms with Crippen molar-refractivity contribution in [1.29, 1.82) is 0 Å². The van der Waals surface area contributed by atoms with E-state index in [0.29, 0.717) is 6.61 Å². The average Bonchev–Trinajstić information content (AvgIpc) is 2.67. The Morgan fingerprint density at radius 1 is 1.62 bits per heavy atom. The summed E-state index contributed by atoms with van der Waals surface area (Å²) in [4.78, 5) is 0. The van der Waals surface area contributed by atoms with Gasteiger partial charge in [-0.2, -0.15) is 0 Å². The van der Waals surface area contributed by atoms with Crippen molar-refractivity contribution in [2.24, 2.45) is 5.73 Å². The lowest BCUT2D eigenvalue weighted by Crippen LogP contribution is -2.05. The fraction of sp³-hybridized carbons (Fsp3) is 0.385. The second-order valence-electron chi connectivity index (χ2n) is 4.25. The molecule has 0 aliphatic heterocycles. The third-order valence-electron chi connectivity index (χ3n) is 2.89. The molecule has 16 heavy (non-hydrogen) atoms. The van der Waals surface area contributed by atoms with Crippen LogP contribution in [0.15, 0.2) is 29.3 Å². The summed E-state index contributed by atoms with van der Waals surface area (Å²) in [6.45, 7) is 2.48. The van der Waals surface area contributed by atoms with Crippen LogP contribution in [0.2, 0.25) is 0 Å². The first-order valence-corrected chi connectivity index (χ1v) is 5.91. The number of halogens is 1. The van der Waals surface area contributed by atoms with Crippen LogP contribution in [0.5, 0.6) is 5.75 Å². The zero-order chi connectivity index (χ0) is 11.5. The van der Waals surface area contributed by atoms with Gasteiger partial charge in [-0.05, 0) is 48.6 Å². The second-order valence-corrected chi connectivity index (χ2v) is 4.47. The molecule has 0 fully saturated rings. The van der Waals surface area contributed by atoms with Crippen molar-refractivity contribution < 1.29 is 4.74 Å². The molecule has 0 bridgehead atoms. The monoisotopic (exact) mass is 237 g/mol. The van der Waals surface area contributed by atoms with Crippen LogP contribution in [-0.2, 0) is 6.42 Å². The molecule has 1 aromatic carbocycles. The number of rotatable bonds is 3. The van der Waals surface area contributed by atoms with Crippen LogP contribution in [0, 0.1) is 0 Å². The summed E-state index contributed by atoms with van der Waals surface area (Å²) in [6, 6.07) is 6.34. The third-order valence-corrected chi connectivity index (χ3v) is 3.26. The van der Waals surface area contributed by atoms with Crippen molar-refractivity contribution in [3.8, 4) is 5.75 Å². The van der Waals surface area contributed by atoms with E-state index in [0.717, 1.165) is 24.2 Å². The molecule has 0 heterocycles. The van der Waals surface area contributed by atoms with Gasteiger partial charge in [0.25, 0.3) is 0 Å². The van der Waals surface area contributed by atoms with Gasteiger partial charge in [-0.3, -0.25) is 0 Å². The maximum Gasteiger partial charge on any atom is 0.120 e. The predicted octanol–water partition coefficient (Wildman–Crippen LogP) is 3.15. The Labute approximate surface area is 101 Å². The summed E-state index contributed by atoms with van der Waals surface area (Å²) >= 11 is 5.57. The topological polar surface area (TPSA) is 35.2 Å². The number of fused-ring (bicyclic) bond motifs is 1. The molecular formula is C13H16ClNO. The van der Waals surface area contributed by atoms with E-state index in [-0.39, 0.29) is 6.04 Å². The Bertz CT molecular complexity index is 414. The number of nitrogens with two attached hydrogens (primary N) is 1. The van der Waals surface area contributed by atoms with Crippen molar-refractivity contribution in [3.63, 3.8) is 0 Å². The minimum Gasteiger partial charge on any atom is -0.489 e.